The number of carbonyl (C=O) groups excluding carboxylic acids is 1. The van der Waals surface area contributed by atoms with Crippen LogP contribution in [0.25, 0.3) is 0 Å². The van der Waals surface area contributed by atoms with Gasteiger partial charge in [0.05, 0.1) is 25.9 Å². The van der Waals surface area contributed by atoms with Crippen molar-refractivity contribution < 1.29 is 14.3 Å². The molecule has 1 heterocycles. The number of para-hydroxylation sites is 1. The van der Waals surface area contributed by atoms with Crippen molar-refractivity contribution in [1.29, 1.82) is 0 Å². The maximum absolute atomic E-state index is 12.4. The van der Waals surface area contributed by atoms with Crippen LogP contribution >= 0.6 is 0 Å². The van der Waals surface area contributed by atoms with Gasteiger partial charge in [0, 0.05) is 38.9 Å². The summed E-state index contributed by atoms with van der Waals surface area (Å²) in [6.45, 7) is 5.71. The van der Waals surface area contributed by atoms with Gasteiger partial charge in [0.25, 0.3) is 0 Å². The van der Waals surface area contributed by atoms with E-state index in [1.165, 1.54) is 0 Å². The molecule has 1 saturated heterocycles. The summed E-state index contributed by atoms with van der Waals surface area (Å²) in [6.07, 6.45) is 0.449. The Hall–Kier alpha value is -2.90. The molecule has 166 valence electrons. The van der Waals surface area contributed by atoms with Crippen LogP contribution < -0.4 is 15.5 Å². The predicted molar refractivity (Wildman–Crippen MR) is 123 cm³/mol. The molecule has 0 bridgehead atoms. The molecule has 1 fully saturated rings. The zero-order chi connectivity index (χ0) is 21.9. The summed E-state index contributed by atoms with van der Waals surface area (Å²) in [4.78, 5) is 18.6. The number of rotatable bonds is 10. The summed E-state index contributed by atoms with van der Waals surface area (Å²) < 4.78 is 10.9. The summed E-state index contributed by atoms with van der Waals surface area (Å²) in [5.74, 6) is 0.808. The Morgan fingerprint density at radius 3 is 2.65 bits per heavy atom. The molecule has 7 nitrogen and oxygen atoms in total. The first-order chi connectivity index (χ1) is 15.2. The number of hydrogen-bond acceptors (Lipinski definition) is 4. The Labute approximate surface area is 184 Å². The van der Waals surface area contributed by atoms with E-state index in [1.807, 2.05) is 48.2 Å². The molecule has 1 aliphatic rings. The first kappa shape index (κ1) is 22.8. The molecule has 0 spiro atoms. The minimum atomic E-state index is 0.0176. The topological polar surface area (TPSA) is 75.2 Å². The normalized spacial score (nSPS) is 16.6. The van der Waals surface area contributed by atoms with E-state index in [4.69, 9.17) is 9.47 Å². The lowest BCUT2D eigenvalue weighted by atomic mass is 10.1. The van der Waals surface area contributed by atoms with Crippen molar-refractivity contribution >= 4 is 17.6 Å². The summed E-state index contributed by atoms with van der Waals surface area (Å²) in [7, 11) is 1.74. The van der Waals surface area contributed by atoms with Gasteiger partial charge >= 0.3 is 0 Å². The molecule has 2 aromatic rings. The molecule has 1 amide bonds. The first-order valence-corrected chi connectivity index (χ1v) is 10.8. The SMILES string of the molecule is CCOCCOCc1cccc(CNC(=NC)NC2CC(=O)N(c3ccccc3)C2)c1. The van der Waals surface area contributed by atoms with E-state index in [-0.39, 0.29) is 11.9 Å². The largest absolute Gasteiger partial charge is 0.379 e. The van der Waals surface area contributed by atoms with Gasteiger partial charge in [-0.2, -0.15) is 0 Å². The monoisotopic (exact) mass is 424 g/mol. The zero-order valence-electron chi connectivity index (χ0n) is 18.3. The molecule has 0 radical (unpaired) electrons. The molecular formula is C24H32N4O3. The van der Waals surface area contributed by atoms with E-state index < -0.39 is 0 Å². The van der Waals surface area contributed by atoms with Gasteiger partial charge < -0.3 is 25.0 Å². The highest BCUT2D eigenvalue weighted by Crippen LogP contribution is 2.21. The van der Waals surface area contributed by atoms with Crippen molar-refractivity contribution in [2.45, 2.75) is 32.5 Å². The van der Waals surface area contributed by atoms with Crippen LogP contribution in [0.5, 0.6) is 0 Å². The number of aliphatic imine (C=N–C) groups is 1. The average Bonchev–Trinajstić information content (AvgIpc) is 3.17. The number of nitrogens with one attached hydrogen (secondary N) is 2. The quantitative estimate of drug-likeness (QED) is 0.349. The maximum Gasteiger partial charge on any atom is 0.229 e. The van der Waals surface area contributed by atoms with Crippen LogP contribution in [0.2, 0.25) is 0 Å². The fourth-order valence-corrected chi connectivity index (χ4v) is 3.52. The molecule has 0 aromatic heterocycles. The van der Waals surface area contributed by atoms with Crippen LogP contribution in [-0.4, -0.2) is 51.3 Å². The Morgan fingerprint density at radius 1 is 1.10 bits per heavy atom. The van der Waals surface area contributed by atoms with E-state index in [2.05, 4.69) is 33.8 Å². The second kappa shape index (κ2) is 12.1. The smallest absolute Gasteiger partial charge is 0.229 e. The predicted octanol–water partition coefficient (Wildman–Crippen LogP) is 2.71. The number of nitrogens with zero attached hydrogens (tertiary/aromatic N) is 2. The van der Waals surface area contributed by atoms with Gasteiger partial charge in [-0.3, -0.25) is 9.79 Å². The molecule has 3 rings (SSSR count). The average molecular weight is 425 g/mol. The van der Waals surface area contributed by atoms with Crippen molar-refractivity contribution in [3.05, 3.63) is 65.7 Å². The zero-order valence-corrected chi connectivity index (χ0v) is 18.3. The van der Waals surface area contributed by atoms with E-state index in [1.54, 1.807) is 7.05 Å². The third-order valence-corrected chi connectivity index (χ3v) is 5.05. The van der Waals surface area contributed by atoms with Gasteiger partial charge in [0.1, 0.15) is 0 Å². The van der Waals surface area contributed by atoms with E-state index in [9.17, 15) is 4.79 Å². The van der Waals surface area contributed by atoms with Crippen LogP contribution in [0.1, 0.15) is 24.5 Å². The van der Waals surface area contributed by atoms with Crippen LogP contribution in [0, 0.1) is 0 Å². The number of ether oxygens (including phenoxy) is 2. The molecule has 1 unspecified atom stereocenters. The molecule has 0 aliphatic carbocycles. The van der Waals surface area contributed by atoms with Gasteiger partial charge in [-0.05, 0) is 30.2 Å². The second-order valence-electron chi connectivity index (χ2n) is 7.38. The van der Waals surface area contributed by atoms with Gasteiger partial charge in [0.2, 0.25) is 5.91 Å². The Balaban J connectivity index is 1.46. The minimum Gasteiger partial charge on any atom is -0.379 e. The highest BCUT2D eigenvalue weighted by atomic mass is 16.5. The van der Waals surface area contributed by atoms with Gasteiger partial charge in [-0.15, -0.1) is 0 Å². The van der Waals surface area contributed by atoms with Crippen molar-refractivity contribution in [3.63, 3.8) is 0 Å². The number of guanidine groups is 1. The van der Waals surface area contributed by atoms with Crippen LogP contribution in [0.4, 0.5) is 5.69 Å². The summed E-state index contributed by atoms with van der Waals surface area (Å²) in [6, 6.07) is 18.1. The molecule has 2 N–H and O–H groups in total. The lowest BCUT2D eigenvalue weighted by Gasteiger charge is -2.19. The van der Waals surface area contributed by atoms with E-state index in [0.29, 0.717) is 51.9 Å². The molecule has 1 atom stereocenters. The Bertz CT molecular complexity index is 857. The third-order valence-electron chi connectivity index (χ3n) is 5.05. The van der Waals surface area contributed by atoms with Crippen molar-refractivity contribution in [2.24, 2.45) is 4.99 Å². The lowest BCUT2D eigenvalue weighted by Crippen LogP contribution is -2.44. The molecule has 1 aliphatic heterocycles. The molecule has 2 aromatic carbocycles. The highest BCUT2D eigenvalue weighted by molar-refractivity contribution is 5.97. The minimum absolute atomic E-state index is 0.0176. The first-order valence-electron chi connectivity index (χ1n) is 10.8. The highest BCUT2D eigenvalue weighted by Gasteiger charge is 2.30. The number of hydrogen-bond donors (Lipinski definition) is 2. The summed E-state index contributed by atoms with van der Waals surface area (Å²) >= 11 is 0. The standard InChI is InChI=1S/C24H32N4O3/c1-3-30-12-13-31-18-20-9-7-8-19(14-20)16-26-24(25-2)27-21-15-23(29)28(17-21)22-10-5-4-6-11-22/h4-11,14,21H,3,12-13,15-18H2,1-2H3,(H2,25,26,27). The molecule has 31 heavy (non-hydrogen) atoms. The maximum atomic E-state index is 12.4. The Kier molecular flexibility index (Phi) is 8.87. The van der Waals surface area contributed by atoms with Gasteiger partial charge in [-0.25, -0.2) is 0 Å². The van der Waals surface area contributed by atoms with Crippen LogP contribution in [-0.2, 0) is 27.4 Å². The van der Waals surface area contributed by atoms with E-state index >= 15 is 0 Å². The number of anilines is 1. The lowest BCUT2D eigenvalue weighted by molar-refractivity contribution is -0.117. The van der Waals surface area contributed by atoms with Crippen molar-refractivity contribution in [3.8, 4) is 0 Å². The number of carbonyl (C=O) groups is 1. The van der Waals surface area contributed by atoms with Crippen LogP contribution in [0.15, 0.2) is 59.6 Å². The molecule has 7 heteroatoms. The number of amides is 1. The summed E-state index contributed by atoms with van der Waals surface area (Å²) in [5.41, 5.74) is 3.20. The van der Waals surface area contributed by atoms with E-state index in [0.717, 1.165) is 16.8 Å². The van der Waals surface area contributed by atoms with Crippen molar-refractivity contribution in [2.75, 3.05) is 38.3 Å². The summed E-state index contributed by atoms with van der Waals surface area (Å²) in [5, 5.41) is 6.71. The van der Waals surface area contributed by atoms with Gasteiger partial charge in [-0.1, -0.05) is 42.5 Å². The molecule has 0 saturated carbocycles. The van der Waals surface area contributed by atoms with Gasteiger partial charge in [0.15, 0.2) is 5.96 Å². The Morgan fingerprint density at radius 2 is 1.87 bits per heavy atom. The fraction of sp³-hybridized carbons (Fsp3) is 0.417. The number of benzene rings is 2. The van der Waals surface area contributed by atoms with Crippen molar-refractivity contribution in [1.82, 2.24) is 10.6 Å². The molecular weight excluding hydrogens is 392 g/mol. The second-order valence-corrected chi connectivity index (χ2v) is 7.38. The fourth-order valence-electron chi connectivity index (χ4n) is 3.52. The third kappa shape index (κ3) is 7.08. The van der Waals surface area contributed by atoms with Crippen LogP contribution in [0.3, 0.4) is 0 Å².